The van der Waals surface area contributed by atoms with Crippen molar-refractivity contribution in [3.05, 3.63) is 57.6 Å². The van der Waals surface area contributed by atoms with Crippen molar-refractivity contribution in [2.24, 2.45) is 0 Å². The maximum atomic E-state index is 10.2. The molecule has 0 aliphatic heterocycles. The van der Waals surface area contributed by atoms with Crippen LogP contribution in [0.2, 0.25) is 0 Å². The fourth-order valence-corrected chi connectivity index (χ4v) is 2.58. The van der Waals surface area contributed by atoms with Crippen LogP contribution in [-0.4, -0.2) is 30.6 Å². The van der Waals surface area contributed by atoms with Gasteiger partial charge >= 0.3 is 0 Å². The van der Waals surface area contributed by atoms with Gasteiger partial charge in [-0.2, -0.15) is 0 Å². The Labute approximate surface area is 133 Å². The van der Waals surface area contributed by atoms with Crippen LogP contribution in [0.5, 0.6) is 11.5 Å². The second kappa shape index (κ2) is 7.43. The number of aliphatic hydroxyl groups is 4. The lowest BCUT2D eigenvalue weighted by molar-refractivity contribution is 0.262. The van der Waals surface area contributed by atoms with Crippen LogP contribution in [0.1, 0.15) is 33.4 Å². The quantitative estimate of drug-likeness (QED) is 0.465. The van der Waals surface area contributed by atoms with Gasteiger partial charge in [-0.3, -0.25) is 0 Å². The van der Waals surface area contributed by atoms with Crippen molar-refractivity contribution in [1.82, 2.24) is 0 Å². The molecule has 2 rings (SSSR count). The molecule has 0 aliphatic carbocycles. The molecule has 0 unspecified atom stereocenters. The highest BCUT2D eigenvalue weighted by Gasteiger charge is 2.15. The van der Waals surface area contributed by atoms with Crippen molar-refractivity contribution in [2.45, 2.75) is 32.8 Å². The summed E-state index contributed by atoms with van der Waals surface area (Å²) in [6.45, 7) is -1.36. The minimum Gasteiger partial charge on any atom is -0.507 e. The first-order valence-electron chi connectivity index (χ1n) is 7.15. The van der Waals surface area contributed by atoms with E-state index in [1.807, 2.05) is 0 Å². The molecule has 0 aromatic heterocycles. The fraction of sp³-hybridized carbons (Fsp3) is 0.294. The summed E-state index contributed by atoms with van der Waals surface area (Å²) >= 11 is 0. The van der Waals surface area contributed by atoms with Crippen LogP contribution in [0.3, 0.4) is 0 Å². The molecule has 0 fully saturated rings. The molecule has 0 heterocycles. The summed E-state index contributed by atoms with van der Waals surface area (Å²) in [6.07, 6.45) is 0.196. The summed E-state index contributed by atoms with van der Waals surface area (Å²) in [5, 5.41) is 57.5. The Morgan fingerprint density at radius 1 is 0.609 bits per heavy atom. The minimum absolute atomic E-state index is 0.0840. The monoisotopic (exact) mass is 320 g/mol. The Kier molecular flexibility index (Phi) is 5.57. The molecule has 2 aromatic rings. The van der Waals surface area contributed by atoms with Gasteiger partial charge in [-0.15, -0.1) is 0 Å². The lowest BCUT2D eigenvalue weighted by Crippen LogP contribution is -2.02. The highest BCUT2D eigenvalue weighted by molar-refractivity contribution is 5.50. The first-order chi connectivity index (χ1) is 11.0. The topological polar surface area (TPSA) is 121 Å². The Bertz CT molecular complexity index is 696. The van der Waals surface area contributed by atoms with Gasteiger partial charge in [0.25, 0.3) is 0 Å². The third-order valence-corrected chi connectivity index (χ3v) is 3.85. The maximum Gasteiger partial charge on any atom is 0.126 e. The Hall–Kier alpha value is -2.12. The molecule has 124 valence electrons. The second-order valence-electron chi connectivity index (χ2n) is 5.28. The molecule has 0 amide bonds. The normalized spacial score (nSPS) is 11.0. The van der Waals surface area contributed by atoms with E-state index in [9.17, 15) is 25.5 Å². The van der Waals surface area contributed by atoms with Crippen LogP contribution in [0.4, 0.5) is 0 Å². The van der Waals surface area contributed by atoms with Crippen molar-refractivity contribution >= 4 is 0 Å². The number of phenols is 2. The molecule has 0 radical (unpaired) electrons. The summed E-state index contributed by atoms with van der Waals surface area (Å²) < 4.78 is 0. The molecule has 0 saturated heterocycles. The molecule has 2 aromatic carbocycles. The second-order valence-corrected chi connectivity index (χ2v) is 5.28. The van der Waals surface area contributed by atoms with E-state index >= 15 is 0 Å². The zero-order valence-corrected chi connectivity index (χ0v) is 12.5. The predicted molar refractivity (Wildman–Crippen MR) is 82.7 cm³/mol. The molecule has 0 bridgehead atoms. The zero-order chi connectivity index (χ0) is 17.0. The van der Waals surface area contributed by atoms with Crippen molar-refractivity contribution in [1.29, 1.82) is 0 Å². The first-order valence-corrected chi connectivity index (χ1v) is 7.15. The molecule has 6 heteroatoms. The van der Waals surface area contributed by atoms with Gasteiger partial charge in [0.05, 0.1) is 26.4 Å². The van der Waals surface area contributed by atoms with Crippen LogP contribution in [0.15, 0.2) is 24.3 Å². The highest BCUT2D eigenvalue weighted by atomic mass is 16.3. The molecule has 23 heavy (non-hydrogen) atoms. The van der Waals surface area contributed by atoms with E-state index in [1.165, 1.54) is 6.07 Å². The number of aliphatic hydroxyl groups excluding tert-OH is 4. The van der Waals surface area contributed by atoms with Crippen LogP contribution >= 0.6 is 0 Å². The van der Waals surface area contributed by atoms with Crippen LogP contribution in [-0.2, 0) is 32.8 Å². The van der Waals surface area contributed by atoms with Crippen molar-refractivity contribution in [3.8, 4) is 11.5 Å². The van der Waals surface area contributed by atoms with Gasteiger partial charge in [0.1, 0.15) is 11.5 Å². The highest BCUT2D eigenvalue weighted by Crippen LogP contribution is 2.32. The molecule has 0 aliphatic rings. The maximum absolute atomic E-state index is 10.2. The lowest BCUT2D eigenvalue weighted by atomic mass is 9.94. The lowest BCUT2D eigenvalue weighted by Gasteiger charge is -2.15. The molecular formula is C17H20O6. The average Bonchev–Trinajstić information content (AvgIpc) is 2.57. The van der Waals surface area contributed by atoms with E-state index in [-0.39, 0.29) is 43.3 Å². The van der Waals surface area contributed by atoms with Crippen molar-refractivity contribution in [3.63, 3.8) is 0 Å². The number of hydrogen-bond donors (Lipinski definition) is 6. The molecular weight excluding hydrogens is 300 g/mol. The number of aromatic hydroxyl groups is 2. The number of benzene rings is 2. The van der Waals surface area contributed by atoms with Gasteiger partial charge in [0.2, 0.25) is 0 Å². The number of rotatable bonds is 6. The van der Waals surface area contributed by atoms with Gasteiger partial charge in [0, 0.05) is 23.1 Å². The average molecular weight is 320 g/mol. The molecule has 0 saturated carbocycles. The predicted octanol–water partition coefficient (Wildman–Crippen LogP) is 0.658. The van der Waals surface area contributed by atoms with E-state index < -0.39 is 6.61 Å². The van der Waals surface area contributed by atoms with Crippen molar-refractivity contribution in [2.75, 3.05) is 0 Å². The zero-order valence-electron chi connectivity index (χ0n) is 12.5. The summed E-state index contributed by atoms with van der Waals surface area (Å²) in [5.74, 6) is -0.257. The Balaban J connectivity index is 2.49. The SMILES string of the molecule is OCc1cc(CO)c(O)c(Cc2ccc(CO)c(O)c2CO)c1. The van der Waals surface area contributed by atoms with E-state index in [1.54, 1.807) is 18.2 Å². The van der Waals surface area contributed by atoms with E-state index in [0.717, 1.165) is 0 Å². The Morgan fingerprint density at radius 3 is 1.78 bits per heavy atom. The summed E-state index contributed by atoms with van der Waals surface area (Å²) in [6, 6.07) is 6.31. The van der Waals surface area contributed by atoms with Gasteiger partial charge in [0.15, 0.2) is 0 Å². The Morgan fingerprint density at radius 2 is 1.22 bits per heavy atom. The van der Waals surface area contributed by atoms with Crippen molar-refractivity contribution < 1.29 is 30.6 Å². The van der Waals surface area contributed by atoms with Gasteiger partial charge in [-0.25, -0.2) is 0 Å². The van der Waals surface area contributed by atoms with Gasteiger partial charge in [-0.05, 0) is 28.8 Å². The van der Waals surface area contributed by atoms with Gasteiger partial charge < -0.3 is 30.6 Å². The third kappa shape index (κ3) is 3.46. The van der Waals surface area contributed by atoms with E-state index in [4.69, 9.17) is 5.11 Å². The molecule has 6 N–H and O–H groups in total. The summed E-state index contributed by atoms with van der Waals surface area (Å²) in [4.78, 5) is 0. The third-order valence-electron chi connectivity index (χ3n) is 3.85. The fourth-order valence-electron chi connectivity index (χ4n) is 2.58. The summed E-state index contributed by atoms with van der Waals surface area (Å²) in [7, 11) is 0. The van der Waals surface area contributed by atoms with Crippen LogP contribution < -0.4 is 0 Å². The van der Waals surface area contributed by atoms with Crippen LogP contribution in [0, 0.1) is 0 Å². The largest absolute Gasteiger partial charge is 0.507 e. The molecule has 0 spiro atoms. The molecule has 0 atom stereocenters. The summed E-state index contributed by atoms with van der Waals surface area (Å²) in [5.41, 5.74) is 2.47. The van der Waals surface area contributed by atoms with Gasteiger partial charge in [-0.1, -0.05) is 12.1 Å². The van der Waals surface area contributed by atoms with Crippen LogP contribution in [0.25, 0.3) is 0 Å². The standard InChI is InChI=1S/C17H20O6/c18-6-10-3-13(16(22)14(4-10)8-20)5-11-1-2-12(7-19)17(23)15(11)9-21/h1-4,18-23H,5-9H2. The minimum atomic E-state index is -0.414. The smallest absolute Gasteiger partial charge is 0.126 e. The number of hydrogen-bond acceptors (Lipinski definition) is 6. The van der Waals surface area contributed by atoms with E-state index in [2.05, 4.69) is 0 Å². The molecule has 6 nitrogen and oxygen atoms in total. The first kappa shape index (κ1) is 17.2. The van der Waals surface area contributed by atoms with E-state index in [0.29, 0.717) is 27.8 Å².